The fraction of sp³-hybridized carbons (Fsp3) is 0.333. The number of anilines is 2. The highest BCUT2D eigenvalue weighted by Gasteiger charge is 2.22. The highest BCUT2D eigenvalue weighted by Crippen LogP contribution is 2.30. The van der Waals surface area contributed by atoms with Gasteiger partial charge in [0.15, 0.2) is 0 Å². The van der Waals surface area contributed by atoms with Gasteiger partial charge in [0.1, 0.15) is 18.1 Å². The molecule has 242 valence electrons. The molecule has 47 heavy (non-hydrogen) atoms. The number of carbonyl (C=O) groups excluding carboxylic acids is 1. The van der Waals surface area contributed by atoms with Gasteiger partial charge in [-0.15, -0.1) is 0 Å². The van der Waals surface area contributed by atoms with E-state index in [0.29, 0.717) is 39.6 Å². The number of nitrogens with zero attached hydrogens (tertiary/aromatic N) is 6. The molecular formula is C36H39N7O4. The lowest BCUT2D eigenvalue weighted by atomic mass is 9.86. The summed E-state index contributed by atoms with van der Waals surface area (Å²) in [5.41, 5.74) is 3.78. The number of nitrogens with one attached hydrogen (secondary N) is 1. The Morgan fingerprint density at radius 3 is 2.51 bits per heavy atom. The van der Waals surface area contributed by atoms with Crippen LogP contribution in [0.15, 0.2) is 76.6 Å². The number of hydrogen-bond donors (Lipinski definition) is 1. The van der Waals surface area contributed by atoms with E-state index in [2.05, 4.69) is 53.2 Å². The van der Waals surface area contributed by atoms with Crippen LogP contribution >= 0.6 is 0 Å². The number of aromatic nitrogens is 5. The van der Waals surface area contributed by atoms with E-state index >= 15 is 0 Å². The summed E-state index contributed by atoms with van der Waals surface area (Å²) in [6.45, 7) is 9.60. The molecule has 4 heterocycles. The van der Waals surface area contributed by atoms with E-state index in [-0.39, 0.29) is 28.8 Å². The number of rotatable bonds is 7. The molecule has 5 aromatic rings. The smallest absolute Gasteiger partial charge is 0.302 e. The SMILES string of the molecule is CC(=O)OCc1c(-c2cc(Nc3ccc(C4CCN(C)C4)cn3)c(=O)n(C)n2)cccc1-n1ncc2cc(C(C)(C)C)ccc2c1=O. The van der Waals surface area contributed by atoms with Crippen LogP contribution in [0.5, 0.6) is 0 Å². The van der Waals surface area contributed by atoms with E-state index in [1.54, 1.807) is 31.4 Å². The van der Waals surface area contributed by atoms with Crippen molar-refractivity contribution < 1.29 is 9.53 Å². The predicted molar refractivity (Wildman–Crippen MR) is 182 cm³/mol. The number of ether oxygens (including phenoxy) is 1. The van der Waals surface area contributed by atoms with E-state index in [0.717, 1.165) is 30.5 Å². The molecule has 1 saturated heterocycles. The molecule has 2 aromatic carbocycles. The van der Waals surface area contributed by atoms with Gasteiger partial charge in [0, 0.05) is 43.2 Å². The Morgan fingerprint density at radius 2 is 1.83 bits per heavy atom. The number of likely N-dealkylation sites (N-methyl/N-ethyl adjacent to an activating group) is 1. The van der Waals surface area contributed by atoms with Crippen LogP contribution < -0.4 is 16.4 Å². The maximum atomic E-state index is 13.8. The first kappa shape index (κ1) is 31.8. The van der Waals surface area contributed by atoms with E-state index in [9.17, 15) is 14.4 Å². The number of carbonyl (C=O) groups is 1. The van der Waals surface area contributed by atoms with Crippen molar-refractivity contribution in [3.8, 4) is 16.9 Å². The highest BCUT2D eigenvalue weighted by atomic mass is 16.5. The van der Waals surface area contributed by atoms with Gasteiger partial charge in [0.2, 0.25) is 0 Å². The minimum absolute atomic E-state index is 0.0860. The number of aryl methyl sites for hydroxylation is 1. The first-order chi connectivity index (χ1) is 22.4. The van der Waals surface area contributed by atoms with Crippen molar-refractivity contribution in [2.45, 2.75) is 52.1 Å². The van der Waals surface area contributed by atoms with Crippen molar-refractivity contribution in [3.05, 3.63) is 104 Å². The molecule has 0 amide bonds. The fourth-order valence-electron chi connectivity index (χ4n) is 6.02. The number of likely N-dealkylation sites (tertiary alicyclic amines) is 1. The molecule has 11 heteroatoms. The number of hydrogen-bond acceptors (Lipinski definition) is 9. The van der Waals surface area contributed by atoms with Gasteiger partial charge < -0.3 is 15.0 Å². The molecule has 0 bridgehead atoms. The Kier molecular flexibility index (Phi) is 8.50. The normalized spacial score (nSPS) is 15.2. The second kappa shape index (κ2) is 12.6. The maximum absolute atomic E-state index is 13.8. The number of pyridine rings is 1. The summed E-state index contributed by atoms with van der Waals surface area (Å²) in [4.78, 5) is 45.9. The van der Waals surface area contributed by atoms with Gasteiger partial charge in [0.05, 0.1) is 23.0 Å². The van der Waals surface area contributed by atoms with Crippen LogP contribution in [-0.2, 0) is 28.6 Å². The standard InChI is InChI=1S/C36H39N7O4/c1-22(44)47-21-29-28(8-7-9-32(29)43-34(45)27-12-11-26(36(2,3)4)16-25(27)19-38-43)30-17-31(35(46)42(6)40-30)39-33-13-10-23(18-37-33)24-14-15-41(5)20-24/h7-13,16-19,24H,14-15,20-21H2,1-6H3,(H,37,39). The first-order valence-corrected chi connectivity index (χ1v) is 15.7. The summed E-state index contributed by atoms with van der Waals surface area (Å²) in [6.07, 6.45) is 4.62. The van der Waals surface area contributed by atoms with Crippen molar-refractivity contribution in [3.63, 3.8) is 0 Å². The van der Waals surface area contributed by atoms with Crippen LogP contribution in [0.25, 0.3) is 27.7 Å². The van der Waals surface area contributed by atoms with Gasteiger partial charge >= 0.3 is 5.97 Å². The quantitative estimate of drug-likeness (QED) is 0.245. The summed E-state index contributed by atoms with van der Waals surface area (Å²) < 4.78 is 8.03. The Hall–Kier alpha value is -5.16. The third-order valence-corrected chi connectivity index (χ3v) is 8.70. The molecule has 1 aliphatic heterocycles. The molecule has 3 aromatic heterocycles. The number of benzene rings is 2. The molecule has 1 aliphatic rings. The van der Waals surface area contributed by atoms with Crippen molar-refractivity contribution in [2.24, 2.45) is 7.05 Å². The van der Waals surface area contributed by atoms with Crippen molar-refractivity contribution in [2.75, 3.05) is 25.5 Å². The minimum Gasteiger partial charge on any atom is -0.461 e. The second-order valence-electron chi connectivity index (χ2n) is 13.2. The Bertz CT molecular complexity index is 2090. The topological polar surface area (TPSA) is 124 Å². The van der Waals surface area contributed by atoms with Gasteiger partial charge in [-0.2, -0.15) is 14.9 Å². The first-order valence-electron chi connectivity index (χ1n) is 15.7. The number of esters is 1. The monoisotopic (exact) mass is 633 g/mol. The summed E-state index contributed by atoms with van der Waals surface area (Å²) in [7, 11) is 3.69. The second-order valence-corrected chi connectivity index (χ2v) is 13.2. The molecule has 1 atom stereocenters. The Morgan fingerprint density at radius 1 is 1.02 bits per heavy atom. The molecule has 0 saturated carbocycles. The molecule has 1 N–H and O–H groups in total. The molecule has 0 aliphatic carbocycles. The molecule has 0 radical (unpaired) electrons. The van der Waals surface area contributed by atoms with Crippen molar-refractivity contribution in [1.29, 1.82) is 0 Å². The predicted octanol–water partition coefficient (Wildman–Crippen LogP) is 5.06. The van der Waals surface area contributed by atoms with Gasteiger partial charge in [-0.3, -0.25) is 14.4 Å². The molecule has 6 rings (SSSR count). The highest BCUT2D eigenvalue weighted by molar-refractivity contribution is 5.82. The van der Waals surface area contributed by atoms with Gasteiger partial charge in [-0.1, -0.05) is 45.0 Å². The zero-order valence-electron chi connectivity index (χ0n) is 27.6. The van der Waals surface area contributed by atoms with Crippen molar-refractivity contribution >= 4 is 28.2 Å². The summed E-state index contributed by atoms with van der Waals surface area (Å²) in [5.74, 6) is 0.494. The number of fused-ring (bicyclic) bond motifs is 1. The van der Waals surface area contributed by atoms with E-state index in [1.807, 2.05) is 42.6 Å². The third kappa shape index (κ3) is 6.57. The lowest BCUT2D eigenvalue weighted by molar-refractivity contribution is -0.142. The molecule has 1 fully saturated rings. The average Bonchev–Trinajstić information content (AvgIpc) is 3.48. The van der Waals surface area contributed by atoms with Crippen LogP contribution in [-0.4, -0.2) is 55.6 Å². The van der Waals surface area contributed by atoms with Crippen LogP contribution in [0.1, 0.15) is 56.7 Å². The lowest BCUT2D eigenvalue weighted by Crippen LogP contribution is -2.24. The average molecular weight is 634 g/mol. The Balaban J connectivity index is 1.41. The Labute approximate surface area is 272 Å². The largest absolute Gasteiger partial charge is 0.461 e. The van der Waals surface area contributed by atoms with Crippen LogP contribution in [0.2, 0.25) is 0 Å². The molecule has 0 spiro atoms. The van der Waals surface area contributed by atoms with Crippen LogP contribution in [0.4, 0.5) is 11.5 Å². The van der Waals surface area contributed by atoms with E-state index in [4.69, 9.17) is 4.74 Å². The summed E-state index contributed by atoms with van der Waals surface area (Å²) in [6, 6.07) is 16.7. The summed E-state index contributed by atoms with van der Waals surface area (Å²) in [5, 5.41) is 13.5. The van der Waals surface area contributed by atoms with E-state index < -0.39 is 5.97 Å². The van der Waals surface area contributed by atoms with Crippen LogP contribution in [0.3, 0.4) is 0 Å². The minimum atomic E-state index is -0.478. The van der Waals surface area contributed by atoms with Gasteiger partial charge in [-0.25, -0.2) is 9.67 Å². The van der Waals surface area contributed by atoms with E-state index in [1.165, 1.54) is 21.9 Å². The third-order valence-electron chi connectivity index (χ3n) is 8.70. The van der Waals surface area contributed by atoms with Gasteiger partial charge in [-0.05, 0) is 72.8 Å². The molecular weight excluding hydrogens is 594 g/mol. The fourth-order valence-corrected chi connectivity index (χ4v) is 6.02. The zero-order chi connectivity index (χ0) is 33.5. The molecule has 11 nitrogen and oxygen atoms in total. The molecule has 1 unspecified atom stereocenters. The summed E-state index contributed by atoms with van der Waals surface area (Å²) >= 11 is 0. The maximum Gasteiger partial charge on any atom is 0.302 e. The zero-order valence-corrected chi connectivity index (χ0v) is 27.6. The van der Waals surface area contributed by atoms with Gasteiger partial charge in [0.25, 0.3) is 11.1 Å². The lowest BCUT2D eigenvalue weighted by Gasteiger charge is -2.20. The van der Waals surface area contributed by atoms with Crippen molar-refractivity contribution in [1.82, 2.24) is 29.4 Å². The van der Waals surface area contributed by atoms with Crippen LogP contribution in [0, 0.1) is 0 Å².